The van der Waals surface area contributed by atoms with E-state index in [1.54, 1.807) is 7.11 Å². The molecule has 0 saturated carbocycles. The Labute approximate surface area is 90.8 Å². The number of ether oxygens (including phenoxy) is 2. The van der Waals surface area contributed by atoms with Crippen LogP contribution in [0.2, 0.25) is 0 Å². The maximum atomic E-state index is 10.8. The van der Waals surface area contributed by atoms with Gasteiger partial charge in [-0.15, -0.1) is 0 Å². The first-order chi connectivity index (χ1) is 6.81. The van der Waals surface area contributed by atoms with E-state index in [4.69, 9.17) is 9.47 Å². The molecular formula is C9H19NO3S. The Hall–Kier alpha value is -0.260. The molecule has 0 aliphatic rings. The number of thiol groups is 1. The molecule has 0 rings (SSSR count). The Kier molecular flexibility index (Phi) is 10.6. The van der Waals surface area contributed by atoms with Crippen molar-refractivity contribution in [2.75, 3.05) is 39.2 Å². The van der Waals surface area contributed by atoms with E-state index in [0.29, 0.717) is 19.8 Å². The number of carbonyl (C=O) groups is 1. The predicted octanol–water partition coefficient (Wildman–Crippen LogP) is 0.476. The monoisotopic (exact) mass is 221 g/mol. The average molecular weight is 221 g/mol. The lowest BCUT2D eigenvalue weighted by Crippen LogP contribution is -2.25. The fourth-order valence-corrected chi connectivity index (χ4v) is 0.969. The van der Waals surface area contributed by atoms with Crippen LogP contribution >= 0.6 is 12.6 Å². The summed E-state index contributed by atoms with van der Waals surface area (Å²) in [5, 5.41) is 2.74. The molecule has 0 bridgehead atoms. The average Bonchev–Trinajstić information content (AvgIpc) is 2.21. The van der Waals surface area contributed by atoms with Gasteiger partial charge in [0.1, 0.15) is 0 Å². The summed E-state index contributed by atoms with van der Waals surface area (Å²) in [6.45, 7) is 2.70. The molecule has 0 heterocycles. The summed E-state index contributed by atoms with van der Waals surface area (Å²) in [6, 6.07) is 0. The number of unbranched alkanes of at least 4 members (excludes halogenated alkanes) is 1. The van der Waals surface area contributed by atoms with Gasteiger partial charge in [0.25, 0.3) is 0 Å². The van der Waals surface area contributed by atoms with Crippen molar-refractivity contribution in [1.82, 2.24) is 5.32 Å². The standard InChI is InChI=1S/C9H19NO3S/c1-12-6-7-13-5-3-2-4-10-9(11)8-14/h14H,2-8H2,1H3,(H,10,11). The third kappa shape index (κ3) is 9.83. The molecular weight excluding hydrogens is 202 g/mol. The van der Waals surface area contributed by atoms with Crippen LogP contribution in [-0.4, -0.2) is 45.1 Å². The normalized spacial score (nSPS) is 10.1. The van der Waals surface area contributed by atoms with Gasteiger partial charge in [0.05, 0.1) is 19.0 Å². The van der Waals surface area contributed by atoms with E-state index in [1.165, 1.54) is 0 Å². The molecule has 0 aliphatic carbocycles. The summed E-state index contributed by atoms with van der Waals surface area (Å²) in [5.41, 5.74) is 0. The van der Waals surface area contributed by atoms with Crippen LogP contribution < -0.4 is 5.32 Å². The Morgan fingerprint density at radius 2 is 2.07 bits per heavy atom. The molecule has 5 heteroatoms. The van der Waals surface area contributed by atoms with Crippen LogP contribution in [0.25, 0.3) is 0 Å². The van der Waals surface area contributed by atoms with Gasteiger partial charge >= 0.3 is 0 Å². The van der Waals surface area contributed by atoms with Crippen LogP contribution in [-0.2, 0) is 14.3 Å². The maximum Gasteiger partial charge on any atom is 0.229 e. The second-order valence-corrected chi connectivity index (χ2v) is 3.14. The molecule has 1 N–H and O–H groups in total. The van der Waals surface area contributed by atoms with Crippen molar-refractivity contribution in [3.63, 3.8) is 0 Å². The van der Waals surface area contributed by atoms with Gasteiger partial charge in [0, 0.05) is 20.3 Å². The van der Waals surface area contributed by atoms with Crippen molar-refractivity contribution in [2.24, 2.45) is 0 Å². The van der Waals surface area contributed by atoms with Crippen LogP contribution in [0.1, 0.15) is 12.8 Å². The molecule has 0 unspecified atom stereocenters. The Bertz CT molecular complexity index is 144. The second-order valence-electron chi connectivity index (χ2n) is 2.82. The molecule has 0 fully saturated rings. The highest BCUT2D eigenvalue weighted by Crippen LogP contribution is 1.89. The molecule has 14 heavy (non-hydrogen) atoms. The fourth-order valence-electron chi connectivity index (χ4n) is 0.857. The topological polar surface area (TPSA) is 47.6 Å². The molecule has 0 saturated heterocycles. The van der Waals surface area contributed by atoms with Crippen LogP contribution in [0.5, 0.6) is 0 Å². The van der Waals surface area contributed by atoms with E-state index < -0.39 is 0 Å². The number of carbonyl (C=O) groups excluding carboxylic acids is 1. The van der Waals surface area contributed by atoms with Crippen LogP contribution in [0.4, 0.5) is 0 Å². The van der Waals surface area contributed by atoms with E-state index in [1.807, 2.05) is 0 Å². The van der Waals surface area contributed by atoms with E-state index in [9.17, 15) is 4.79 Å². The Morgan fingerprint density at radius 1 is 1.29 bits per heavy atom. The lowest BCUT2D eigenvalue weighted by atomic mass is 10.3. The van der Waals surface area contributed by atoms with Crippen molar-refractivity contribution < 1.29 is 14.3 Å². The Morgan fingerprint density at radius 3 is 2.71 bits per heavy atom. The molecule has 0 spiro atoms. The summed E-state index contributed by atoms with van der Waals surface area (Å²) in [5.74, 6) is 0.235. The minimum absolute atomic E-state index is 0.0198. The third-order valence-electron chi connectivity index (χ3n) is 1.61. The molecule has 0 atom stereocenters. The minimum atomic E-state index is -0.0198. The van der Waals surface area contributed by atoms with Crippen molar-refractivity contribution in [1.29, 1.82) is 0 Å². The number of hydrogen-bond acceptors (Lipinski definition) is 4. The van der Waals surface area contributed by atoms with Crippen molar-refractivity contribution in [3.8, 4) is 0 Å². The summed E-state index contributed by atoms with van der Waals surface area (Å²) in [6.07, 6.45) is 1.89. The molecule has 0 aliphatic heterocycles. The van der Waals surface area contributed by atoms with Gasteiger partial charge in [0.15, 0.2) is 0 Å². The summed E-state index contributed by atoms with van der Waals surface area (Å²) in [4.78, 5) is 10.8. The largest absolute Gasteiger partial charge is 0.382 e. The van der Waals surface area contributed by atoms with E-state index in [2.05, 4.69) is 17.9 Å². The van der Waals surface area contributed by atoms with Crippen LogP contribution in [0.15, 0.2) is 0 Å². The lowest BCUT2D eigenvalue weighted by molar-refractivity contribution is -0.118. The third-order valence-corrected chi connectivity index (χ3v) is 1.90. The first kappa shape index (κ1) is 13.7. The summed E-state index contributed by atoms with van der Waals surface area (Å²) >= 11 is 3.85. The molecule has 1 amide bonds. The van der Waals surface area contributed by atoms with Crippen molar-refractivity contribution in [3.05, 3.63) is 0 Å². The van der Waals surface area contributed by atoms with Gasteiger partial charge < -0.3 is 14.8 Å². The zero-order chi connectivity index (χ0) is 10.6. The predicted molar refractivity (Wildman–Crippen MR) is 58.8 cm³/mol. The van der Waals surface area contributed by atoms with Crippen molar-refractivity contribution in [2.45, 2.75) is 12.8 Å². The zero-order valence-electron chi connectivity index (χ0n) is 8.62. The SMILES string of the molecule is COCCOCCCCNC(=O)CS. The summed E-state index contributed by atoms with van der Waals surface area (Å²) in [7, 11) is 1.65. The van der Waals surface area contributed by atoms with Gasteiger partial charge in [-0.25, -0.2) is 0 Å². The highest BCUT2D eigenvalue weighted by Gasteiger charge is 1.95. The van der Waals surface area contributed by atoms with Crippen LogP contribution in [0, 0.1) is 0 Å². The molecule has 0 aromatic heterocycles. The minimum Gasteiger partial charge on any atom is -0.382 e. The molecule has 0 aromatic rings. The van der Waals surface area contributed by atoms with Crippen molar-refractivity contribution >= 4 is 18.5 Å². The number of amides is 1. The number of methoxy groups -OCH3 is 1. The molecule has 4 nitrogen and oxygen atoms in total. The van der Waals surface area contributed by atoms with Crippen LogP contribution in [0.3, 0.4) is 0 Å². The van der Waals surface area contributed by atoms with E-state index in [0.717, 1.165) is 19.4 Å². The van der Waals surface area contributed by atoms with Gasteiger partial charge in [-0.1, -0.05) is 0 Å². The number of hydrogen-bond donors (Lipinski definition) is 2. The second kappa shape index (κ2) is 10.8. The highest BCUT2D eigenvalue weighted by atomic mass is 32.1. The van der Waals surface area contributed by atoms with E-state index in [-0.39, 0.29) is 11.7 Å². The van der Waals surface area contributed by atoms with Gasteiger partial charge in [0.2, 0.25) is 5.91 Å². The zero-order valence-corrected chi connectivity index (χ0v) is 9.52. The molecule has 0 radical (unpaired) electrons. The number of rotatable bonds is 9. The van der Waals surface area contributed by atoms with E-state index >= 15 is 0 Å². The lowest BCUT2D eigenvalue weighted by Gasteiger charge is -2.04. The highest BCUT2D eigenvalue weighted by molar-refractivity contribution is 7.81. The van der Waals surface area contributed by atoms with Gasteiger partial charge in [-0.3, -0.25) is 4.79 Å². The first-order valence-corrected chi connectivity index (χ1v) is 5.38. The quantitative estimate of drug-likeness (QED) is 0.440. The molecule has 0 aromatic carbocycles. The van der Waals surface area contributed by atoms with Gasteiger partial charge in [-0.05, 0) is 12.8 Å². The number of nitrogens with one attached hydrogen (secondary N) is 1. The Balaban J connectivity index is 2.95. The fraction of sp³-hybridized carbons (Fsp3) is 0.889. The maximum absolute atomic E-state index is 10.8. The summed E-state index contributed by atoms with van der Waals surface area (Å²) < 4.78 is 10.1. The first-order valence-electron chi connectivity index (χ1n) is 4.75. The van der Waals surface area contributed by atoms with Gasteiger partial charge in [-0.2, -0.15) is 12.6 Å². The smallest absolute Gasteiger partial charge is 0.229 e. The molecule has 84 valence electrons.